The second-order valence-corrected chi connectivity index (χ2v) is 5.10. The third-order valence-corrected chi connectivity index (χ3v) is 3.20. The Morgan fingerprint density at radius 2 is 2.05 bits per heavy atom. The molecule has 3 rings (SSSR count). The smallest absolute Gasteiger partial charge is 0.248 e. The van der Waals surface area contributed by atoms with Crippen LogP contribution >= 0.6 is 11.6 Å². The Labute approximate surface area is 126 Å². The van der Waals surface area contributed by atoms with E-state index >= 15 is 0 Å². The number of nitrogens with zero attached hydrogens (tertiary/aromatic N) is 5. The van der Waals surface area contributed by atoms with Crippen molar-refractivity contribution in [2.45, 2.75) is 19.9 Å². The van der Waals surface area contributed by atoms with Gasteiger partial charge in [-0.3, -0.25) is 0 Å². The van der Waals surface area contributed by atoms with Gasteiger partial charge in [-0.15, -0.1) is 16.7 Å². The number of rotatable bonds is 5. The fraction of sp³-hybridized carbons (Fsp3) is 0.286. The molecular formula is C14H14ClN5O. The van der Waals surface area contributed by atoms with Gasteiger partial charge in [0.1, 0.15) is 6.54 Å². The molecule has 0 amide bonds. The summed E-state index contributed by atoms with van der Waals surface area (Å²) in [4.78, 5) is 4.37. The first-order valence-electron chi connectivity index (χ1n) is 6.59. The zero-order valence-electron chi connectivity index (χ0n) is 11.5. The van der Waals surface area contributed by atoms with Crippen LogP contribution in [-0.2, 0) is 13.0 Å². The zero-order valence-corrected chi connectivity index (χ0v) is 12.3. The molecule has 0 bridgehead atoms. The number of aryl methyl sites for hydroxylation is 2. The van der Waals surface area contributed by atoms with E-state index in [-0.39, 0.29) is 0 Å². The first-order valence-corrected chi connectivity index (χ1v) is 7.12. The Hall–Kier alpha value is -2.21. The fourth-order valence-electron chi connectivity index (χ4n) is 1.90. The van der Waals surface area contributed by atoms with E-state index in [1.54, 1.807) is 4.68 Å². The Bertz CT molecular complexity index is 719. The molecule has 1 aromatic carbocycles. The van der Waals surface area contributed by atoms with Crippen LogP contribution in [0.1, 0.15) is 17.1 Å². The van der Waals surface area contributed by atoms with Crippen molar-refractivity contribution >= 4 is 11.6 Å². The van der Waals surface area contributed by atoms with Gasteiger partial charge in [-0.25, -0.2) is 4.68 Å². The van der Waals surface area contributed by atoms with Gasteiger partial charge < -0.3 is 4.52 Å². The van der Waals surface area contributed by atoms with Crippen molar-refractivity contribution in [2.24, 2.45) is 0 Å². The standard InChI is InChI=1S/C14H14ClN5O/c1-10-2-4-11(5-3-10)14-16-13(21-18-14)9-20-8-12(6-7-15)17-19-20/h2-5,8H,6-7,9H2,1H3. The van der Waals surface area contributed by atoms with Gasteiger partial charge in [-0.05, 0) is 6.92 Å². The number of hydrogen-bond acceptors (Lipinski definition) is 5. The van der Waals surface area contributed by atoms with Gasteiger partial charge >= 0.3 is 0 Å². The van der Waals surface area contributed by atoms with E-state index < -0.39 is 0 Å². The van der Waals surface area contributed by atoms with Crippen LogP contribution in [0.5, 0.6) is 0 Å². The molecule has 0 spiro atoms. The predicted molar refractivity (Wildman–Crippen MR) is 78.0 cm³/mol. The highest BCUT2D eigenvalue weighted by atomic mass is 35.5. The van der Waals surface area contributed by atoms with Crippen molar-refractivity contribution in [3.8, 4) is 11.4 Å². The summed E-state index contributed by atoms with van der Waals surface area (Å²) >= 11 is 5.67. The zero-order chi connectivity index (χ0) is 14.7. The molecule has 108 valence electrons. The molecule has 6 nitrogen and oxygen atoms in total. The molecule has 0 atom stereocenters. The molecule has 0 aliphatic rings. The first-order chi connectivity index (χ1) is 10.2. The minimum Gasteiger partial charge on any atom is -0.337 e. The van der Waals surface area contributed by atoms with Crippen LogP contribution in [0.2, 0.25) is 0 Å². The van der Waals surface area contributed by atoms with Gasteiger partial charge in [0, 0.05) is 24.1 Å². The number of alkyl halides is 1. The molecule has 0 aliphatic heterocycles. The molecule has 7 heteroatoms. The number of aromatic nitrogens is 5. The molecule has 0 saturated heterocycles. The Morgan fingerprint density at radius 1 is 1.24 bits per heavy atom. The molecular weight excluding hydrogens is 290 g/mol. The molecule has 2 heterocycles. The van der Waals surface area contributed by atoms with Crippen molar-refractivity contribution in [1.82, 2.24) is 25.1 Å². The first kappa shape index (κ1) is 13.8. The summed E-state index contributed by atoms with van der Waals surface area (Å²) in [6.07, 6.45) is 2.53. The van der Waals surface area contributed by atoms with Gasteiger partial charge in [0.05, 0.1) is 5.69 Å². The van der Waals surface area contributed by atoms with Crippen LogP contribution in [0.4, 0.5) is 0 Å². The predicted octanol–water partition coefficient (Wildman–Crippen LogP) is 2.47. The third kappa shape index (κ3) is 3.28. The van der Waals surface area contributed by atoms with E-state index in [0.717, 1.165) is 11.3 Å². The van der Waals surface area contributed by atoms with Gasteiger partial charge in [-0.2, -0.15) is 4.98 Å². The van der Waals surface area contributed by atoms with Crippen molar-refractivity contribution in [3.05, 3.63) is 47.6 Å². The van der Waals surface area contributed by atoms with Crippen molar-refractivity contribution in [1.29, 1.82) is 0 Å². The van der Waals surface area contributed by atoms with Crippen LogP contribution < -0.4 is 0 Å². The maximum Gasteiger partial charge on any atom is 0.248 e. The minimum atomic E-state index is 0.397. The highest BCUT2D eigenvalue weighted by molar-refractivity contribution is 6.17. The van der Waals surface area contributed by atoms with Crippen LogP contribution in [0.15, 0.2) is 35.0 Å². The lowest BCUT2D eigenvalue weighted by atomic mass is 10.1. The van der Waals surface area contributed by atoms with Crippen molar-refractivity contribution in [2.75, 3.05) is 5.88 Å². The molecule has 0 N–H and O–H groups in total. The lowest BCUT2D eigenvalue weighted by Gasteiger charge is -1.94. The van der Waals surface area contributed by atoms with Crippen LogP contribution in [0.3, 0.4) is 0 Å². The fourth-order valence-corrected chi connectivity index (χ4v) is 2.10. The average Bonchev–Trinajstić information content (AvgIpc) is 3.11. The lowest BCUT2D eigenvalue weighted by Crippen LogP contribution is -2.00. The summed E-state index contributed by atoms with van der Waals surface area (Å²) in [5, 5.41) is 12.0. The largest absolute Gasteiger partial charge is 0.337 e. The van der Waals surface area contributed by atoms with E-state index in [0.29, 0.717) is 30.6 Å². The van der Waals surface area contributed by atoms with Gasteiger partial charge in [0.2, 0.25) is 11.7 Å². The van der Waals surface area contributed by atoms with Crippen LogP contribution in [0.25, 0.3) is 11.4 Å². The topological polar surface area (TPSA) is 69.6 Å². The van der Waals surface area contributed by atoms with E-state index in [1.165, 1.54) is 5.56 Å². The summed E-state index contributed by atoms with van der Waals surface area (Å²) in [5.41, 5.74) is 2.97. The molecule has 0 fully saturated rings. The molecule has 0 unspecified atom stereocenters. The highest BCUT2D eigenvalue weighted by Gasteiger charge is 2.10. The summed E-state index contributed by atoms with van der Waals surface area (Å²) in [7, 11) is 0. The Morgan fingerprint density at radius 3 is 2.81 bits per heavy atom. The Kier molecular flexibility index (Phi) is 3.96. The molecule has 0 saturated carbocycles. The molecule has 0 radical (unpaired) electrons. The minimum absolute atomic E-state index is 0.397. The molecule has 21 heavy (non-hydrogen) atoms. The normalized spacial score (nSPS) is 11.0. The third-order valence-electron chi connectivity index (χ3n) is 3.01. The maximum absolute atomic E-state index is 5.67. The highest BCUT2D eigenvalue weighted by Crippen LogP contribution is 2.16. The van der Waals surface area contributed by atoms with E-state index in [2.05, 4.69) is 20.5 Å². The van der Waals surface area contributed by atoms with E-state index in [4.69, 9.17) is 16.1 Å². The quantitative estimate of drug-likeness (QED) is 0.677. The maximum atomic E-state index is 5.67. The van der Waals surface area contributed by atoms with Crippen LogP contribution in [0, 0.1) is 6.92 Å². The number of halogens is 1. The molecule has 3 aromatic rings. The van der Waals surface area contributed by atoms with Crippen molar-refractivity contribution in [3.63, 3.8) is 0 Å². The number of hydrogen-bond donors (Lipinski definition) is 0. The second kappa shape index (κ2) is 6.05. The second-order valence-electron chi connectivity index (χ2n) is 4.72. The Balaban J connectivity index is 1.73. The lowest BCUT2D eigenvalue weighted by molar-refractivity contribution is 0.364. The molecule has 0 aliphatic carbocycles. The summed E-state index contributed by atoms with van der Waals surface area (Å²) in [6.45, 7) is 2.43. The van der Waals surface area contributed by atoms with Gasteiger partial charge in [0.25, 0.3) is 0 Å². The van der Waals surface area contributed by atoms with Crippen LogP contribution in [-0.4, -0.2) is 31.0 Å². The summed E-state index contributed by atoms with van der Waals surface area (Å²) < 4.78 is 6.91. The summed E-state index contributed by atoms with van der Waals surface area (Å²) in [6, 6.07) is 7.97. The van der Waals surface area contributed by atoms with Gasteiger partial charge in [-0.1, -0.05) is 40.2 Å². The van der Waals surface area contributed by atoms with Crippen molar-refractivity contribution < 1.29 is 4.52 Å². The summed E-state index contributed by atoms with van der Waals surface area (Å²) in [5.74, 6) is 1.59. The molecule has 2 aromatic heterocycles. The average molecular weight is 304 g/mol. The SMILES string of the molecule is Cc1ccc(-c2noc(Cn3cc(CCCl)nn3)n2)cc1. The monoisotopic (exact) mass is 303 g/mol. The van der Waals surface area contributed by atoms with E-state index in [1.807, 2.05) is 37.4 Å². The van der Waals surface area contributed by atoms with E-state index in [9.17, 15) is 0 Å². The van der Waals surface area contributed by atoms with Gasteiger partial charge in [0.15, 0.2) is 0 Å². The number of benzene rings is 1.